The maximum absolute atomic E-state index is 12.6. The number of hydrogen-bond donors (Lipinski definition) is 1. The van der Waals surface area contributed by atoms with Gasteiger partial charge in [-0.05, 0) is 42.9 Å². The standard InChI is InChI=1S/C17H21Cl2NO3/c1-11(8-13-2-3-14(18)10-15(13)19)17(23)20-6-4-12(5-7-20)9-16(21)22/h2-3,10-12H,4-9H2,1H3,(H,21,22). The molecule has 0 aliphatic carbocycles. The van der Waals surface area contributed by atoms with E-state index < -0.39 is 5.97 Å². The van der Waals surface area contributed by atoms with Crippen molar-refractivity contribution in [2.24, 2.45) is 11.8 Å². The molecule has 1 saturated heterocycles. The van der Waals surface area contributed by atoms with Gasteiger partial charge in [-0.3, -0.25) is 9.59 Å². The molecule has 1 unspecified atom stereocenters. The molecule has 1 aromatic rings. The van der Waals surface area contributed by atoms with Crippen molar-refractivity contribution in [2.45, 2.75) is 32.6 Å². The van der Waals surface area contributed by atoms with Crippen LogP contribution >= 0.6 is 23.2 Å². The Balaban J connectivity index is 1.89. The number of aliphatic carboxylic acids is 1. The lowest BCUT2D eigenvalue weighted by molar-refractivity contribution is -0.139. The van der Waals surface area contributed by atoms with Crippen LogP contribution in [0.1, 0.15) is 31.7 Å². The van der Waals surface area contributed by atoms with Crippen LogP contribution in [0.15, 0.2) is 18.2 Å². The molecular weight excluding hydrogens is 337 g/mol. The third-order valence-corrected chi connectivity index (χ3v) is 4.94. The van der Waals surface area contributed by atoms with E-state index in [0.717, 1.165) is 18.4 Å². The van der Waals surface area contributed by atoms with E-state index in [9.17, 15) is 9.59 Å². The van der Waals surface area contributed by atoms with Gasteiger partial charge in [0.2, 0.25) is 5.91 Å². The fourth-order valence-electron chi connectivity index (χ4n) is 3.02. The van der Waals surface area contributed by atoms with Crippen LogP contribution < -0.4 is 0 Å². The topological polar surface area (TPSA) is 57.6 Å². The van der Waals surface area contributed by atoms with Crippen molar-refractivity contribution < 1.29 is 14.7 Å². The number of halogens is 2. The Morgan fingerprint density at radius 1 is 1.30 bits per heavy atom. The molecular formula is C17H21Cl2NO3. The van der Waals surface area contributed by atoms with Crippen molar-refractivity contribution in [3.8, 4) is 0 Å². The molecule has 1 atom stereocenters. The molecule has 126 valence electrons. The van der Waals surface area contributed by atoms with E-state index in [1.165, 1.54) is 0 Å². The number of piperidine rings is 1. The SMILES string of the molecule is CC(Cc1ccc(Cl)cc1Cl)C(=O)N1CCC(CC(=O)O)CC1. The number of carbonyl (C=O) groups excluding carboxylic acids is 1. The molecule has 6 heteroatoms. The van der Waals surface area contributed by atoms with Crippen molar-refractivity contribution in [3.05, 3.63) is 33.8 Å². The van der Waals surface area contributed by atoms with Crippen molar-refractivity contribution in [1.82, 2.24) is 4.90 Å². The van der Waals surface area contributed by atoms with Gasteiger partial charge >= 0.3 is 5.97 Å². The highest BCUT2D eigenvalue weighted by molar-refractivity contribution is 6.35. The number of carboxylic acid groups (broad SMARTS) is 1. The molecule has 0 radical (unpaired) electrons. The number of carbonyl (C=O) groups is 2. The minimum Gasteiger partial charge on any atom is -0.481 e. The first kappa shape index (κ1) is 18.1. The summed E-state index contributed by atoms with van der Waals surface area (Å²) in [5.41, 5.74) is 0.915. The molecule has 1 aliphatic rings. The summed E-state index contributed by atoms with van der Waals surface area (Å²) >= 11 is 12.1. The fourth-order valence-corrected chi connectivity index (χ4v) is 3.51. The second-order valence-corrected chi connectivity index (χ2v) is 7.05. The number of likely N-dealkylation sites (tertiary alicyclic amines) is 1. The smallest absolute Gasteiger partial charge is 0.303 e. The summed E-state index contributed by atoms with van der Waals surface area (Å²) in [6, 6.07) is 5.32. The molecule has 2 rings (SSSR count). The molecule has 23 heavy (non-hydrogen) atoms. The monoisotopic (exact) mass is 357 g/mol. The summed E-state index contributed by atoms with van der Waals surface area (Å²) in [5, 5.41) is 10.00. The van der Waals surface area contributed by atoms with E-state index >= 15 is 0 Å². The van der Waals surface area contributed by atoms with Crippen molar-refractivity contribution in [1.29, 1.82) is 0 Å². The Bertz CT molecular complexity index is 583. The lowest BCUT2D eigenvalue weighted by Gasteiger charge is -2.33. The molecule has 1 amide bonds. The van der Waals surface area contributed by atoms with E-state index in [2.05, 4.69) is 0 Å². The average molecular weight is 358 g/mol. The van der Waals surface area contributed by atoms with Gasteiger partial charge in [-0.25, -0.2) is 0 Å². The average Bonchev–Trinajstić information content (AvgIpc) is 2.49. The molecule has 0 aromatic heterocycles. The van der Waals surface area contributed by atoms with E-state index in [1.807, 2.05) is 17.9 Å². The van der Waals surface area contributed by atoms with Crippen LogP contribution in [0.3, 0.4) is 0 Å². The quantitative estimate of drug-likeness (QED) is 0.869. The zero-order chi connectivity index (χ0) is 17.0. The van der Waals surface area contributed by atoms with Crippen LogP contribution in [-0.4, -0.2) is 35.0 Å². The first-order valence-electron chi connectivity index (χ1n) is 7.81. The largest absolute Gasteiger partial charge is 0.481 e. The fraction of sp³-hybridized carbons (Fsp3) is 0.529. The third-order valence-electron chi connectivity index (χ3n) is 4.35. The van der Waals surface area contributed by atoms with Gasteiger partial charge in [-0.1, -0.05) is 36.2 Å². The predicted octanol–water partition coefficient (Wildman–Crippen LogP) is 3.89. The Labute approximate surface area is 146 Å². The van der Waals surface area contributed by atoms with Crippen molar-refractivity contribution in [2.75, 3.05) is 13.1 Å². The van der Waals surface area contributed by atoms with Gasteiger partial charge in [-0.15, -0.1) is 0 Å². The Morgan fingerprint density at radius 2 is 1.96 bits per heavy atom. The van der Waals surface area contributed by atoms with E-state index in [1.54, 1.807) is 12.1 Å². The molecule has 4 nitrogen and oxygen atoms in total. The highest BCUT2D eigenvalue weighted by atomic mass is 35.5. The lowest BCUT2D eigenvalue weighted by atomic mass is 9.92. The van der Waals surface area contributed by atoms with Crippen LogP contribution in [0.2, 0.25) is 10.0 Å². The zero-order valence-electron chi connectivity index (χ0n) is 13.1. The van der Waals surface area contributed by atoms with Crippen LogP contribution in [0.5, 0.6) is 0 Å². The highest BCUT2D eigenvalue weighted by Crippen LogP contribution is 2.26. The van der Waals surface area contributed by atoms with Gasteiger partial charge in [0.15, 0.2) is 0 Å². The maximum atomic E-state index is 12.6. The predicted molar refractivity (Wildman–Crippen MR) is 90.9 cm³/mol. The van der Waals surface area contributed by atoms with Gasteiger partial charge in [0.05, 0.1) is 0 Å². The van der Waals surface area contributed by atoms with Crippen LogP contribution in [0.25, 0.3) is 0 Å². The zero-order valence-corrected chi connectivity index (χ0v) is 14.6. The minimum absolute atomic E-state index is 0.102. The van der Waals surface area contributed by atoms with Crippen LogP contribution in [0, 0.1) is 11.8 Å². The number of nitrogens with zero attached hydrogens (tertiary/aromatic N) is 1. The van der Waals surface area contributed by atoms with Gasteiger partial charge < -0.3 is 10.0 Å². The summed E-state index contributed by atoms with van der Waals surface area (Å²) in [6.07, 6.45) is 2.28. The lowest BCUT2D eigenvalue weighted by Crippen LogP contribution is -2.42. The first-order chi connectivity index (χ1) is 10.9. The second-order valence-electron chi connectivity index (χ2n) is 6.21. The first-order valence-corrected chi connectivity index (χ1v) is 8.57. The summed E-state index contributed by atoms with van der Waals surface area (Å²) in [7, 11) is 0. The second kappa shape index (κ2) is 8.02. The third kappa shape index (κ3) is 5.11. The van der Waals surface area contributed by atoms with E-state index in [-0.39, 0.29) is 24.2 Å². The summed E-state index contributed by atoms with van der Waals surface area (Å²) < 4.78 is 0. The molecule has 0 saturated carbocycles. The number of amides is 1. The Kier molecular flexibility index (Phi) is 6.31. The molecule has 0 bridgehead atoms. The molecule has 0 spiro atoms. The molecule has 1 aliphatic heterocycles. The normalized spacial score (nSPS) is 17.1. The van der Waals surface area contributed by atoms with Gasteiger partial charge in [-0.2, -0.15) is 0 Å². The summed E-state index contributed by atoms with van der Waals surface area (Å²) in [6.45, 7) is 3.17. The van der Waals surface area contributed by atoms with Gasteiger partial charge in [0, 0.05) is 35.5 Å². The number of rotatable bonds is 5. The molecule has 1 aromatic carbocycles. The Hall–Kier alpha value is -1.26. The van der Waals surface area contributed by atoms with E-state index in [4.69, 9.17) is 28.3 Å². The van der Waals surface area contributed by atoms with Gasteiger partial charge in [0.1, 0.15) is 0 Å². The van der Waals surface area contributed by atoms with Crippen LogP contribution in [0.4, 0.5) is 0 Å². The highest BCUT2D eigenvalue weighted by Gasteiger charge is 2.27. The minimum atomic E-state index is -0.763. The van der Waals surface area contributed by atoms with E-state index in [0.29, 0.717) is 29.6 Å². The van der Waals surface area contributed by atoms with Crippen molar-refractivity contribution >= 4 is 35.1 Å². The van der Waals surface area contributed by atoms with Crippen molar-refractivity contribution in [3.63, 3.8) is 0 Å². The summed E-state index contributed by atoms with van der Waals surface area (Å²) in [5.74, 6) is -0.646. The summed E-state index contributed by atoms with van der Waals surface area (Å²) in [4.78, 5) is 25.1. The number of benzene rings is 1. The maximum Gasteiger partial charge on any atom is 0.303 e. The van der Waals surface area contributed by atoms with Crippen LogP contribution in [-0.2, 0) is 16.0 Å². The van der Waals surface area contributed by atoms with Gasteiger partial charge in [0.25, 0.3) is 0 Å². The Morgan fingerprint density at radius 3 is 2.52 bits per heavy atom. The molecule has 1 fully saturated rings. The number of carboxylic acids is 1. The number of hydrogen-bond acceptors (Lipinski definition) is 2. The molecule has 1 heterocycles. The molecule has 1 N–H and O–H groups in total.